The molecule has 0 aromatic rings. The maximum absolute atomic E-state index is 12.4. The van der Waals surface area contributed by atoms with Gasteiger partial charge in [-0.3, -0.25) is 4.79 Å². The summed E-state index contributed by atoms with van der Waals surface area (Å²) in [6, 6.07) is 0. The monoisotopic (exact) mass is 510 g/mol. The molecule has 0 heterocycles. The topological polar surface area (TPSA) is 26.3 Å². The van der Waals surface area contributed by atoms with E-state index in [0.717, 1.165) is 67.1 Å². The molecule has 0 aliphatic heterocycles. The number of hydrogen-bond donors (Lipinski definition) is 0. The van der Waals surface area contributed by atoms with Gasteiger partial charge in [0.2, 0.25) is 0 Å². The molecule has 2 unspecified atom stereocenters. The van der Waals surface area contributed by atoms with Gasteiger partial charge in [0.1, 0.15) is 6.10 Å². The van der Waals surface area contributed by atoms with Crippen LogP contribution in [0, 0.1) is 52.3 Å². The molecule has 37 heavy (non-hydrogen) atoms. The lowest BCUT2D eigenvalue weighted by atomic mass is 9.47. The smallest absolute Gasteiger partial charge is 0.306 e. The third kappa shape index (κ3) is 5.79. The SMILES string of the molecule is C=CCCCC(=O)O[C@H]1CC[C@@]2(C)C(=CC[C@@H]3C2CC[C@@]2(C)C3CC[C@@H]2[C@H](C)CC[C@@H](CC)C(C)C)C1. The highest BCUT2D eigenvalue weighted by molar-refractivity contribution is 5.69. The fraction of sp³-hybridized carbons (Fsp3) is 0.857. The minimum atomic E-state index is -0.0112. The second kappa shape index (κ2) is 12.0. The number of rotatable bonds is 11. The molecule has 210 valence electrons. The van der Waals surface area contributed by atoms with Crippen LogP contribution in [0.5, 0.6) is 0 Å². The van der Waals surface area contributed by atoms with Crippen LogP contribution >= 0.6 is 0 Å². The molecule has 4 rings (SSSR count). The maximum atomic E-state index is 12.4. The van der Waals surface area contributed by atoms with Crippen molar-refractivity contribution < 1.29 is 9.53 Å². The van der Waals surface area contributed by atoms with Crippen LogP contribution in [0.3, 0.4) is 0 Å². The van der Waals surface area contributed by atoms with Crippen molar-refractivity contribution in [3.05, 3.63) is 24.3 Å². The predicted octanol–water partition coefficient (Wildman–Crippen LogP) is 9.93. The molecule has 0 aromatic heterocycles. The van der Waals surface area contributed by atoms with E-state index in [-0.39, 0.29) is 12.1 Å². The van der Waals surface area contributed by atoms with Gasteiger partial charge in [-0.15, -0.1) is 6.58 Å². The summed E-state index contributed by atoms with van der Waals surface area (Å²) in [6.07, 6.45) is 21.3. The van der Waals surface area contributed by atoms with Crippen molar-refractivity contribution in [3.8, 4) is 0 Å². The number of carbonyl (C=O) groups excluding carboxylic acids is 1. The molecule has 4 aliphatic carbocycles. The van der Waals surface area contributed by atoms with E-state index in [4.69, 9.17) is 4.74 Å². The Labute approximate surface area is 229 Å². The van der Waals surface area contributed by atoms with Gasteiger partial charge in [-0.1, -0.05) is 72.1 Å². The Kier molecular flexibility index (Phi) is 9.38. The number of ether oxygens (including phenoxy) is 1. The average Bonchev–Trinajstić information content (AvgIpc) is 3.22. The van der Waals surface area contributed by atoms with Crippen molar-refractivity contribution in [2.24, 2.45) is 52.3 Å². The van der Waals surface area contributed by atoms with Crippen molar-refractivity contribution in [1.82, 2.24) is 0 Å². The van der Waals surface area contributed by atoms with Gasteiger partial charge in [0.15, 0.2) is 0 Å². The van der Waals surface area contributed by atoms with Crippen LogP contribution in [-0.4, -0.2) is 12.1 Å². The lowest BCUT2D eigenvalue weighted by Gasteiger charge is -2.58. The largest absolute Gasteiger partial charge is 0.462 e. The summed E-state index contributed by atoms with van der Waals surface area (Å²) in [5, 5.41) is 0. The third-order valence-corrected chi connectivity index (χ3v) is 12.4. The lowest BCUT2D eigenvalue weighted by molar-refractivity contribution is -0.151. The van der Waals surface area contributed by atoms with Gasteiger partial charge in [0.05, 0.1) is 0 Å². The zero-order chi connectivity index (χ0) is 26.8. The van der Waals surface area contributed by atoms with Gasteiger partial charge in [0, 0.05) is 12.8 Å². The lowest BCUT2D eigenvalue weighted by Crippen LogP contribution is -2.51. The molecule has 9 atom stereocenters. The van der Waals surface area contributed by atoms with Crippen LogP contribution in [0.15, 0.2) is 24.3 Å². The fourth-order valence-electron chi connectivity index (χ4n) is 10.0. The number of unbranched alkanes of at least 4 members (excludes halogenated alkanes) is 1. The van der Waals surface area contributed by atoms with E-state index in [1.54, 1.807) is 5.57 Å². The molecule has 4 aliphatic rings. The number of fused-ring (bicyclic) bond motifs is 5. The number of esters is 1. The van der Waals surface area contributed by atoms with Gasteiger partial charge in [-0.25, -0.2) is 0 Å². The molecule has 0 spiro atoms. The van der Waals surface area contributed by atoms with E-state index in [1.165, 1.54) is 57.8 Å². The zero-order valence-corrected chi connectivity index (χ0v) is 25.2. The first kappa shape index (κ1) is 28.9. The Bertz CT molecular complexity index is 825. The van der Waals surface area contributed by atoms with Crippen LogP contribution < -0.4 is 0 Å². The van der Waals surface area contributed by atoms with Gasteiger partial charge < -0.3 is 4.74 Å². The van der Waals surface area contributed by atoms with Crippen LogP contribution in [0.2, 0.25) is 0 Å². The predicted molar refractivity (Wildman–Crippen MR) is 156 cm³/mol. The first-order chi connectivity index (χ1) is 17.6. The number of allylic oxidation sites excluding steroid dienone is 2. The summed E-state index contributed by atoms with van der Waals surface area (Å²) in [6.45, 7) is 18.9. The van der Waals surface area contributed by atoms with Crippen LogP contribution in [-0.2, 0) is 9.53 Å². The fourth-order valence-corrected chi connectivity index (χ4v) is 10.0. The minimum absolute atomic E-state index is 0.0112. The molecule has 3 saturated carbocycles. The van der Waals surface area contributed by atoms with Gasteiger partial charge >= 0.3 is 5.97 Å². The molecule has 0 saturated heterocycles. The van der Waals surface area contributed by atoms with E-state index >= 15 is 0 Å². The summed E-state index contributed by atoms with van der Waals surface area (Å²) in [4.78, 5) is 12.4. The van der Waals surface area contributed by atoms with Gasteiger partial charge in [-0.2, -0.15) is 0 Å². The molecule has 2 nitrogen and oxygen atoms in total. The van der Waals surface area contributed by atoms with Crippen molar-refractivity contribution in [3.63, 3.8) is 0 Å². The zero-order valence-electron chi connectivity index (χ0n) is 25.2. The van der Waals surface area contributed by atoms with Crippen molar-refractivity contribution >= 4 is 5.97 Å². The van der Waals surface area contributed by atoms with Gasteiger partial charge in [-0.05, 0) is 116 Å². The number of carbonyl (C=O) groups is 1. The van der Waals surface area contributed by atoms with E-state index in [0.29, 0.717) is 17.3 Å². The summed E-state index contributed by atoms with van der Waals surface area (Å²) >= 11 is 0. The maximum Gasteiger partial charge on any atom is 0.306 e. The summed E-state index contributed by atoms with van der Waals surface area (Å²) < 4.78 is 5.94. The number of hydrogen-bond acceptors (Lipinski definition) is 2. The summed E-state index contributed by atoms with van der Waals surface area (Å²) in [5.74, 6) is 6.07. The summed E-state index contributed by atoms with van der Waals surface area (Å²) in [5.41, 5.74) is 2.49. The van der Waals surface area contributed by atoms with Gasteiger partial charge in [0.25, 0.3) is 0 Å². The molecule has 0 radical (unpaired) electrons. The molecule has 3 fully saturated rings. The highest BCUT2D eigenvalue weighted by atomic mass is 16.5. The Morgan fingerprint density at radius 1 is 1.11 bits per heavy atom. The quantitative estimate of drug-likeness (QED) is 0.157. The van der Waals surface area contributed by atoms with Crippen LogP contribution in [0.4, 0.5) is 0 Å². The Morgan fingerprint density at radius 3 is 2.59 bits per heavy atom. The Balaban J connectivity index is 1.39. The molecule has 2 heteroatoms. The summed E-state index contributed by atoms with van der Waals surface area (Å²) in [7, 11) is 0. The minimum Gasteiger partial charge on any atom is -0.462 e. The average molecular weight is 511 g/mol. The van der Waals surface area contributed by atoms with Crippen molar-refractivity contribution in [2.45, 2.75) is 138 Å². The second-order valence-corrected chi connectivity index (χ2v) is 14.5. The van der Waals surface area contributed by atoms with E-state index in [1.807, 2.05) is 6.08 Å². The highest BCUT2D eigenvalue weighted by Gasteiger charge is 2.59. The first-order valence-corrected chi connectivity index (χ1v) is 16.1. The highest BCUT2D eigenvalue weighted by Crippen LogP contribution is 2.67. The normalized spacial score (nSPS) is 38.7. The first-order valence-electron chi connectivity index (χ1n) is 16.1. The van der Waals surface area contributed by atoms with E-state index in [2.05, 4.69) is 54.2 Å². The third-order valence-electron chi connectivity index (χ3n) is 12.4. The van der Waals surface area contributed by atoms with Crippen molar-refractivity contribution in [2.75, 3.05) is 0 Å². The Hall–Kier alpha value is -1.05. The molecular formula is C35H58O2. The van der Waals surface area contributed by atoms with Crippen LogP contribution in [0.25, 0.3) is 0 Å². The second-order valence-electron chi connectivity index (χ2n) is 14.5. The molecule has 0 N–H and O–H groups in total. The molecule has 0 amide bonds. The molecular weight excluding hydrogens is 452 g/mol. The Morgan fingerprint density at radius 2 is 1.89 bits per heavy atom. The molecule has 0 aromatic carbocycles. The van der Waals surface area contributed by atoms with Crippen LogP contribution in [0.1, 0.15) is 131 Å². The standard InChI is InChI=1S/C35H58O2/c1-8-10-11-12-33(36)37-28-19-21-34(6)27(23-28)15-16-29-31-18-17-30(35(31,7)22-20-32(29)34)25(5)13-14-26(9-2)24(3)4/h8,15,24-26,28-32H,1,9-14,16-23H2,2-7H3/t25-,26-,28+,29+,30-,31?,32?,34+,35-/m1/s1. The van der Waals surface area contributed by atoms with Crippen molar-refractivity contribution in [1.29, 1.82) is 0 Å². The van der Waals surface area contributed by atoms with E-state index in [9.17, 15) is 4.79 Å². The van der Waals surface area contributed by atoms with E-state index < -0.39 is 0 Å². The molecule has 0 bridgehead atoms.